The molecule has 17 heavy (non-hydrogen) atoms. The number of benzene rings is 1. The van der Waals surface area contributed by atoms with E-state index in [-0.39, 0.29) is 11.4 Å². The smallest absolute Gasteiger partial charge is 0.318 e. The van der Waals surface area contributed by atoms with Gasteiger partial charge in [0.2, 0.25) is 10.0 Å². The molecule has 5 nitrogen and oxygen atoms in total. The Labute approximate surface area is 101 Å². The molecule has 0 aliphatic carbocycles. The van der Waals surface area contributed by atoms with E-state index in [1.807, 2.05) is 0 Å². The van der Waals surface area contributed by atoms with Crippen molar-refractivity contribution in [3.8, 4) is 0 Å². The Balaban J connectivity index is 3.04. The first-order valence-corrected chi connectivity index (χ1v) is 6.69. The fraction of sp³-hybridized carbons (Fsp3) is 0.364. The Morgan fingerprint density at radius 2 is 1.88 bits per heavy atom. The summed E-state index contributed by atoms with van der Waals surface area (Å²) < 4.78 is 25.2. The lowest BCUT2D eigenvalue weighted by atomic mass is 10.4. The molecule has 0 spiro atoms. The molecule has 0 saturated heterocycles. The van der Waals surface area contributed by atoms with E-state index in [9.17, 15) is 13.2 Å². The molecule has 0 aliphatic rings. The number of aliphatic carboxylic acids is 1. The summed E-state index contributed by atoms with van der Waals surface area (Å²) in [6, 6.07) is 7.84. The summed E-state index contributed by atoms with van der Waals surface area (Å²) in [7, 11) is -3.71. The van der Waals surface area contributed by atoms with Gasteiger partial charge in [0.05, 0.1) is 4.90 Å². The molecule has 0 atom stereocenters. The zero-order valence-corrected chi connectivity index (χ0v) is 10.4. The number of sulfonamides is 1. The van der Waals surface area contributed by atoms with Gasteiger partial charge in [-0.15, -0.1) is 0 Å². The van der Waals surface area contributed by atoms with Crippen LogP contribution in [0.15, 0.2) is 35.2 Å². The molecule has 1 aromatic carbocycles. The van der Waals surface area contributed by atoms with Gasteiger partial charge in [0, 0.05) is 6.54 Å². The molecule has 0 aliphatic heterocycles. The van der Waals surface area contributed by atoms with E-state index in [0.717, 1.165) is 4.31 Å². The first-order valence-electron chi connectivity index (χ1n) is 5.25. The molecule has 1 rings (SSSR count). The second-order valence-electron chi connectivity index (χ2n) is 3.55. The van der Waals surface area contributed by atoms with Crippen LogP contribution in [0.3, 0.4) is 0 Å². The van der Waals surface area contributed by atoms with Crippen LogP contribution in [0.5, 0.6) is 0 Å². The number of hydrogen-bond donors (Lipinski definition) is 1. The van der Waals surface area contributed by atoms with E-state index in [1.165, 1.54) is 12.1 Å². The minimum atomic E-state index is -3.71. The normalized spacial score (nSPS) is 11.6. The van der Waals surface area contributed by atoms with Crippen molar-refractivity contribution in [2.75, 3.05) is 13.1 Å². The van der Waals surface area contributed by atoms with Crippen LogP contribution < -0.4 is 0 Å². The molecule has 1 aromatic rings. The molecule has 6 heteroatoms. The van der Waals surface area contributed by atoms with Gasteiger partial charge >= 0.3 is 5.97 Å². The second-order valence-corrected chi connectivity index (χ2v) is 5.48. The van der Waals surface area contributed by atoms with E-state index in [0.29, 0.717) is 6.42 Å². The van der Waals surface area contributed by atoms with Gasteiger partial charge in [-0.1, -0.05) is 25.1 Å². The van der Waals surface area contributed by atoms with E-state index in [1.54, 1.807) is 25.1 Å². The van der Waals surface area contributed by atoms with Crippen molar-refractivity contribution in [1.29, 1.82) is 0 Å². The molecule has 0 radical (unpaired) electrons. The standard InChI is InChI=1S/C11H15NO4S/c1-2-8-12(9-11(13)14)17(15,16)10-6-4-3-5-7-10/h3-7H,2,8-9H2,1H3,(H,13,14). The van der Waals surface area contributed by atoms with Crippen molar-refractivity contribution in [2.45, 2.75) is 18.2 Å². The highest BCUT2D eigenvalue weighted by molar-refractivity contribution is 7.89. The van der Waals surface area contributed by atoms with Gasteiger partial charge in [-0.25, -0.2) is 8.42 Å². The largest absolute Gasteiger partial charge is 0.480 e. The molecular weight excluding hydrogens is 242 g/mol. The van der Waals surface area contributed by atoms with Crippen molar-refractivity contribution in [3.05, 3.63) is 30.3 Å². The third-order valence-corrected chi connectivity index (χ3v) is 4.02. The number of carboxylic acid groups (broad SMARTS) is 1. The highest BCUT2D eigenvalue weighted by atomic mass is 32.2. The lowest BCUT2D eigenvalue weighted by Crippen LogP contribution is -2.36. The predicted octanol–water partition coefficient (Wildman–Crippen LogP) is 1.17. The summed E-state index contributed by atoms with van der Waals surface area (Å²) in [5.41, 5.74) is 0. The van der Waals surface area contributed by atoms with Gasteiger partial charge in [-0.05, 0) is 18.6 Å². The number of carbonyl (C=O) groups is 1. The van der Waals surface area contributed by atoms with E-state index < -0.39 is 22.5 Å². The van der Waals surface area contributed by atoms with Gasteiger partial charge < -0.3 is 5.11 Å². The molecule has 0 fully saturated rings. The highest BCUT2D eigenvalue weighted by Crippen LogP contribution is 2.15. The Morgan fingerprint density at radius 1 is 1.29 bits per heavy atom. The maximum atomic E-state index is 12.1. The van der Waals surface area contributed by atoms with Gasteiger partial charge in [0.25, 0.3) is 0 Å². The monoisotopic (exact) mass is 257 g/mol. The minimum absolute atomic E-state index is 0.120. The molecule has 0 bridgehead atoms. The third-order valence-electron chi connectivity index (χ3n) is 2.17. The molecule has 94 valence electrons. The molecule has 0 saturated carbocycles. The van der Waals surface area contributed by atoms with Crippen LogP contribution >= 0.6 is 0 Å². The van der Waals surface area contributed by atoms with Crippen LogP contribution in [0.1, 0.15) is 13.3 Å². The molecule has 0 heterocycles. The fourth-order valence-corrected chi connectivity index (χ4v) is 2.93. The maximum Gasteiger partial charge on any atom is 0.318 e. The third kappa shape index (κ3) is 3.54. The highest BCUT2D eigenvalue weighted by Gasteiger charge is 2.25. The maximum absolute atomic E-state index is 12.1. The number of hydrogen-bond acceptors (Lipinski definition) is 3. The molecular formula is C11H15NO4S. The summed E-state index contributed by atoms with van der Waals surface area (Å²) in [6.45, 7) is 1.49. The van der Waals surface area contributed by atoms with Crippen LogP contribution in [0.2, 0.25) is 0 Å². The average Bonchev–Trinajstić information content (AvgIpc) is 2.29. The first-order chi connectivity index (χ1) is 7.98. The van der Waals surface area contributed by atoms with E-state index in [4.69, 9.17) is 5.11 Å². The summed E-state index contributed by atoms with van der Waals surface area (Å²) in [4.78, 5) is 10.8. The van der Waals surface area contributed by atoms with Gasteiger partial charge in [0.1, 0.15) is 6.54 Å². The zero-order chi connectivity index (χ0) is 12.9. The SMILES string of the molecule is CCCN(CC(=O)O)S(=O)(=O)c1ccccc1. The fourth-order valence-electron chi connectivity index (χ4n) is 1.43. The van der Waals surface area contributed by atoms with Crippen LogP contribution in [-0.2, 0) is 14.8 Å². The second kappa shape index (κ2) is 5.79. The van der Waals surface area contributed by atoms with Crippen molar-refractivity contribution < 1.29 is 18.3 Å². The minimum Gasteiger partial charge on any atom is -0.480 e. The van der Waals surface area contributed by atoms with E-state index in [2.05, 4.69) is 0 Å². The summed E-state index contributed by atoms with van der Waals surface area (Å²) in [5.74, 6) is -1.15. The van der Waals surface area contributed by atoms with Crippen molar-refractivity contribution in [2.24, 2.45) is 0 Å². The lowest BCUT2D eigenvalue weighted by Gasteiger charge is -2.19. The first kappa shape index (κ1) is 13.7. The van der Waals surface area contributed by atoms with Gasteiger partial charge in [-0.2, -0.15) is 4.31 Å². The Kier molecular flexibility index (Phi) is 4.65. The lowest BCUT2D eigenvalue weighted by molar-refractivity contribution is -0.137. The molecule has 0 aromatic heterocycles. The summed E-state index contributed by atoms with van der Waals surface area (Å²) in [6.07, 6.45) is 0.569. The Morgan fingerprint density at radius 3 is 2.35 bits per heavy atom. The van der Waals surface area contributed by atoms with Gasteiger partial charge in [-0.3, -0.25) is 4.79 Å². The molecule has 0 unspecified atom stereocenters. The molecule has 0 amide bonds. The van der Waals surface area contributed by atoms with Crippen LogP contribution in [0, 0.1) is 0 Å². The van der Waals surface area contributed by atoms with Crippen molar-refractivity contribution >= 4 is 16.0 Å². The average molecular weight is 257 g/mol. The van der Waals surface area contributed by atoms with E-state index >= 15 is 0 Å². The number of carboxylic acids is 1. The summed E-state index contributed by atoms with van der Waals surface area (Å²) in [5, 5.41) is 8.71. The van der Waals surface area contributed by atoms with Gasteiger partial charge in [0.15, 0.2) is 0 Å². The zero-order valence-electron chi connectivity index (χ0n) is 9.54. The number of nitrogens with zero attached hydrogens (tertiary/aromatic N) is 1. The molecule has 1 N–H and O–H groups in total. The van der Waals surface area contributed by atoms with Crippen molar-refractivity contribution in [3.63, 3.8) is 0 Å². The summed E-state index contributed by atoms with van der Waals surface area (Å²) >= 11 is 0. The Bertz CT molecular complexity index is 470. The predicted molar refractivity (Wildman–Crippen MR) is 63.1 cm³/mol. The topological polar surface area (TPSA) is 74.7 Å². The van der Waals surface area contributed by atoms with Crippen LogP contribution in [0.4, 0.5) is 0 Å². The van der Waals surface area contributed by atoms with Crippen LogP contribution in [0.25, 0.3) is 0 Å². The van der Waals surface area contributed by atoms with Crippen molar-refractivity contribution in [1.82, 2.24) is 4.31 Å². The van der Waals surface area contributed by atoms with Crippen LogP contribution in [-0.4, -0.2) is 36.9 Å². The quantitative estimate of drug-likeness (QED) is 0.830. The Hall–Kier alpha value is -1.40. The number of rotatable bonds is 6.